The van der Waals surface area contributed by atoms with Crippen LogP contribution in [0, 0.1) is 0 Å². The minimum absolute atomic E-state index is 0.0297. The molecule has 0 spiro atoms. The number of nitrogens with zero attached hydrogens (tertiary/aromatic N) is 1. The Morgan fingerprint density at radius 2 is 1.53 bits per heavy atom. The van der Waals surface area contributed by atoms with Crippen molar-refractivity contribution in [1.82, 2.24) is 4.90 Å². The average molecular weight is 687 g/mol. The molecule has 0 aromatic heterocycles. The largest absolute Gasteiger partial charge is 0.493 e. The second-order valence-corrected chi connectivity index (χ2v) is 12.0. The topological polar surface area (TPSA) is 60.0 Å². The lowest BCUT2D eigenvalue weighted by Crippen LogP contribution is -2.31. The number of hydrogen-bond donors (Lipinski definition) is 1. The van der Waals surface area contributed by atoms with E-state index in [1.807, 2.05) is 36.4 Å². The number of halogens is 4. The summed E-state index contributed by atoms with van der Waals surface area (Å²) in [4.78, 5) is 15.0. The molecule has 0 saturated carbocycles. The minimum Gasteiger partial charge on any atom is -0.493 e. The van der Waals surface area contributed by atoms with Gasteiger partial charge in [0, 0.05) is 42.9 Å². The summed E-state index contributed by atoms with van der Waals surface area (Å²) in [7, 11) is 0. The van der Waals surface area contributed by atoms with Crippen LogP contribution in [0.25, 0.3) is 0 Å². The van der Waals surface area contributed by atoms with Crippen molar-refractivity contribution < 1.29 is 32.2 Å². The Balaban J connectivity index is 1.14. The second kappa shape index (κ2) is 15.5. The lowest BCUT2D eigenvalue weighted by atomic mass is 9.90. The van der Waals surface area contributed by atoms with E-state index < -0.39 is 11.7 Å². The van der Waals surface area contributed by atoms with Gasteiger partial charge in [0.05, 0.1) is 17.2 Å². The van der Waals surface area contributed by atoms with Crippen LogP contribution in [0.2, 0.25) is 5.02 Å². The van der Waals surface area contributed by atoms with Crippen molar-refractivity contribution in [2.24, 2.45) is 0 Å². The number of anilines is 1. The van der Waals surface area contributed by atoms with Crippen molar-refractivity contribution in [2.45, 2.75) is 25.1 Å². The normalized spacial score (nSPS) is 12.4. The van der Waals surface area contributed by atoms with Crippen LogP contribution < -0.4 is 19.5 Å². The molecule has 49 heavy (non-hydrogen) atoms. The van der Waals surface area contributed by atoms with E-state index in [0.717, 1.165) is 17.2 Å². The van der Waals surface area contributed by atoms with Gasteiger partial charge in [0.25, 0.3) is 5.91 Å². The van der Waals surface area contributed by atoms with Gasteiger partial charge in [-0.25, -0.2) is 0 Å². The number of alkyl halides is 3. The van der Waals surface area contributed by atoms with Crippen LogP contribution >= 0.6 is 11.6 Å². The molecule has 6 rings (SSSR count). The highest BCUT2D eigenvalue weighted by Crippen LogP contribution is 2.37. The Hall–Kier alpha value is -4.99. The third-order valence-corrected chi connectivity index (χ3v) is 8.68. The SMILES string of the molecule is O=C(Nc1cccc(OCCCN(Cc2cccc(C(F)(F)F)c2Cl)CC(c2ccccc2)c2ccccc2)c1)c1ccc2c(c1)OCO2. The van der Waals surface area contributed by atoms with E-state index in [0.29, 0.717) is 60.2 Å². The number of benzene rings is 5. The maximum Gasteiger partial charge on any atom is 0.417 e. The summed E-state index contributed by atoms with van der Waals surface area (Å²) < 4.78 is 57.9. The van der Waals surface area contributed by atoms with Gasteiger partial charge in [0.2, 0.25) is 6.79 Å². The third-order valence-electron chi connectivity index (χ3n) is 8.24. The molecule has 0 unspecified atom stereocenters. The highest BCUT2D eigenvalue weighted by molar-refractivity contribution is 6.32. The van der Waals surface area contributed by atoms with E-state index in [4.69, 9.17) is 25.8 Å². The Bertz CT molecular complexity index is 1830. The summed E-state index contributed by atoms with van der Waals surface area (Å²) >= 11 is 6.35. The van der Waals surface area contributed by atoms with Crippen LogP contribution in [-0.4, -0.2) is 37.3 Å². The van der Waals surface area contributed by atoms with Crippen LogP contribution in [0.1, 0.15) is 45.0 Å². The van der Waals surface area contributed by atoms with Crippen molar-refractivity contribution in [3.8, 4) is 17.2 Å². The molecule has 0 fully saturated rings. The molecule has 0 atom stereocenters. The summed E-state index contributed by atoms with van der Waals surface area (Å²) in [5.41, 5.74) is 2.76. The van der Waals surface area contributed by atoms with Gasteiger partial charge in [-0.1, -0.05) is 90.5 Å². The van der Waals surface area contributed by atoms with E-state index >= 15 is 0 Å². The zero-order chi connectivity index (χ0) is 34.2. The Morgan fingerprint density at radius 1 is 0.837 bits per heavy atom. The van der Waals surface area contributed by atoms with Gasteiger partial charge >= 0.3 is 6.18 Å². The van der Waals surface area contributed by atoms with E-state index in [9.17, 15) is 18.0 Å². The maximum atomic E-state index is 13.7. The number of hydrogen-bond acceptors (Lipinski definition) is 5. The number of carbonyl (C=O) groups excluding carboxylic acids is 1. The number of fused-ring (bicyclic) bond motifs is 1. The molecule has 0 saturated heterocycles. The molecule has 1 heterocycles. The van der Waals surface area contributed by atoms with Gasteiger partial charge in [-0.05, 0) is 59.5 Å². The summed E-state index contributed by atoms with van der Waals surface area (Å²) in [6.07, 6.45) is -3.97. The predicted molar refractivity (Wildman–Crippen MR) is 184 cm³/mol. The maximum absolute atomic E-state index is 13.7. The monoisotopic (exact) mass is 686 g/mol. The molecule has 0 radical (unpaired) electrons. The quantitative estimate of drug-likeness (QED) is 0.125. The lowest BCUT2D eigenvalue weighted by Gasteiger charge is -2.29. The Morgan fingerprint density at radius 3 is 2.24 bits per heavy atom. The van der Waals surface area contributed by atoms with Gasteiger partial charge in [-0.15, -0.1) is 0 Å². The number of rotatable bonds is 13. The zero-order valence-corrected chi connectivity index (χ0v) is 27.2. The van der Waals surface area contributed by atoms with E-state index in [1.165, 1.54) is 6.07 Å². The molecule has 6 nitrogen and oxygen atoms in total. The van der Waals surface area contributed by atoms with E-state index in [2.05, 4.69) is 34.5 Å². The number of nitrogens with one attached hydrogen (secondary N) is 1. The van der Waals surface area contributed by atoms with Gasteiger partial charge in [0.1, 0.15) is 5.75 Å². The van der Waals surface area contributed by atoms with Gasteiger partial charge in [-0.3, -0.25) is 9.69 Å². The average Bonchev–Trinajstić information content (AvgIpc) is 3.58. The van der Waals surface area contributed by atoms with Gasteiger partial charge < -0.3 is 19.5 Å². The first-order valence-electron chi connectivity index (χ1n) is 15.9. The molecule has 1 N–H and O–H groups in total. The first-order chi connectivity index (χ1) is 23.7. The standard InChI is InChI=1S/C39H34ClF3N2O4/c40-37-30(14-7-17-34(37)39(41,42)43)24-45(25-33(27-10-3-1-4-11-27)28-12-5-2-6-13-28)20-9-21-47-32-16-8-15-31(23-32)44-38(46)29-18-19-35-36(22-29)49-26-48-35/h1-8,10-19,22-23,33H,9,20-21,24-26H2,(H,44,46). The summed E-state index contributed by atoms with van der Waals surface area (Å²) in [5.74, 6) is 1.36. The van der Waals surface area contributed by atoms with Crippen LogP contribution in [0.5, 0.6) is 17.2 Å². The smallest absolute Gasteiger partial charge is 0.417 e. The van der Waals surface area contributed by atoms with Gasteiger partial charge in [0.15, 0.2) is 11.5 Å². The van der Waals surface area contributed by atoms with Crippen LogP contribution in [0.3, 0.4) is 0 Å². The molecule has 1 aliphatic rings. The molecule has 1 amide bonds. The van der Waals surface area contributed by atoms with Crippen molar-refractivity contribution >= 4 is 23.2 Å². The molecule has 10 heteroatoms. The predicted octanol–water partition coefficient (Wildman–Crippen LogP) is 9.44. The molecular weight excluding hydrogens is 653 g/mol. The van der Waals surface area contributed by atoms with E-state index in [-0.39, 0.29) is 30.2 Å². The molecule has 252 valence electrons. The zero-order valence-electron chi connectivity index (χ0n) is 26.5. The highest BCUT2D eigenvalue weighted by Gasteiger charge is 2.34. The highest BCUT2D eigenvalue weighted by atomic mass is 35.5. The summed E-state index contributed by atoms with van der Waals surface area (Å²) in [6, 6.07) is 36.3. The number of amides is 1. The van der Waals surface area contributed by atoms with Crippen molar-refractivity contribution in [2.75, 3.05) is 31.8 Å². The molecular formula is C39H34ClF3N2O4. The number of carbonyl (C=O) groups is 1. The second-order valence-electron chi connectivity index (χ2n) is 11.6. The van der Waals surface area contributed by atoms with Crippen LogP contribution in [-0.2, 0) is 12.7 Å². The first-order valence-corrected chi connectivity index (χ1v) is 16.2. The Kier molecular flexibility index (Phi) is 10.7. The van der Waals surface area contributed by atoms with Crippen molar-refractivity contribution in [3.05, 3.63) is 154 Å². The van der Waals surface area contributed by atoms with Crippen LogP contribution in [0.4, 0.5) is 18.9 Å². The summed E-state index contributed by atoms with van der Waals surface area (Å²) in [6.45, 7) is 1.76. The number of ether oxygens (including phenoxy) is 3. The summed E-state index contributed by atoms with van der Waals surface area (Å²) in [5, 5.41) is 2.60. The molecule has 1 aliphatic heterocycles. The van der Waals surface area contributed by atoms with Crippen molar-refractivity contribution in [1.29, 1.82) is 0 Å². The molecule has 5 aromatic rings. The minimum atomic E-state index is -4.55. The third kappa shape index (κ3) is 8.73. The Labute approximate surface area is 288 Å². The molecule has 0 aliphatic carbocycles. The molecule has 0 bridgehead atoms. The van der Waals surface area contributed by atoms with Crippen LogP contribution in [0.15, 0.2) is 121 Å². The molecule has 5 aromatic carbocycles. The fraction of sp³-hybridized carbons (Fsp3) is 0.205. The van der Waals surface area contributed by atoms with Crippen molar-refractivity contribution in [3.63, 3.8) is 0 Å². The van der Waals surface area contributed by atoms with E-state index in [1.54, 1.807) is 48.5 Å². The fourth-order valence-electron chi connectivity index (χ4n) is 5.81. The lowest BCUT2D eigenvalue weighted by molar-refractivity contribution is -0.137. The van der Waals surface area contributed by atoms with Gasteiger partial charge in [-0.2, -0.15) is 13.2 Å². The first kappa shape index (κ1) is 33.9. The fourth-order valence-corrected chi connectivity index (χ4v) is 6.10.